The first-order valence-corrected chi connectivity index (χ1v) is 5.47. The van der Waals surface area contributed by atoms with Crippen LogP contribution in [0.3, 0.4) is 0 Å². The Bertz CT molecular complexity index is 396. The third kappa shape index (κ3) is 1.92. The Morgan fingerprint density at radius 1 is 1.53 bits per heavy atom. The lowest BCUT2D eigenvalue weighted by Crippen LogP contribution is -2.44. The predicted molar refractivity (Wildman–Crippen MR) is 61.3 cm³/mol. The van der Waals surface area contributed by atoms with Crippen molar-refractivity contribution in [3.63, 3.8) is 0 Å². The lowest BCUT2D eigenvalue weighted by Gasteiger charge is -2.28. The minimum absolute atomic E-state index is 0.0380. The number of fused-ring (bicyclic) bond motifs is 1. The number of amides is 1. The van der Waals surface area contributed by atoms with Gasteiger partial charge in [-0.05, 0) is 18.2 Å². The molecular weight excluding hydrogens is 212 g/mol. The van der Waals surface area contributed by atoms with E-state index in [0.717, 1.165) is 10.6 Å². The number of hydrazine groups is 1. The summed E-state index contributed by atoms with van der Waals surface area (Å²) in [5.74, 6) is 5.72. The van der Waals surface area contributed by atoms with E-state index in [-0.39, 0.29) is 5.91 Å². The van der Waals surface area contributed by atoms with Crippen LogP contribution in [0.15, 0.2) is 23.1 Å². The molecule has 0 radical (unpaired) electrons. The predicted octanol–water partition coefficient (Wildman–Crippen LogP) is 0.128. The highest BCUT2D eigenvalue weighted by Gasteiger charge is 2.23. The van der Waals surface area contributed by atoms with Crippen LogP contribution in [0.5, 0.6) is 0 Å². The van der Waals surface area contributed by atoms with Gasteiger partial charge in [-0.2, -0.15) is 0 Å². The largest absolute Gasteiger partial charge is 0.399 e. The zero-order chi connectivity index (χ0) is 10.8. The van der Waals surface area contributed by atoms with Crippen molar-refractivity contribution in [3.8, 4) is 0 Å². The van der Waals surface area contributed by atoms with Crippen LogP contribution in [-0.2, 0) is 4.79 Å². The Balaban J connectivity index is 2.41. The van der Waals surface area contributed by atoms with E-state index in [1.165, 1.54) is 11.8 Å². The number of benzene rings is 1. The number of nitrogens with zero attached hydrogens (tertiary/aromatic N) is 1. The van der Waals surface area contributed by atoms with Crippen molar-refractivity contribution < 1.29 is 4.79 Å². The second-order valence-electron chi connectivity index (χ2n) is 3.20. The molecule has 0 saturated carbocycles. The van der Waals surface area contributed by atoms with Crippen LogP contribution in [-0.4, -0.2) is 18.3 Å². The fourth-order valence-corrected chi connectivity index (χ4v) is 2.40. The molecule has 2 rings (SSSR count). The number of hydrogen-bond donors (Lipinski definition) is 3. The van der Waals surface area contributed by atoms with Gasteiger partial charge < -0.3 is 5.73 Å². The number of anilines is 2. The lowest BCUT2D eigenvalue weighted by molar-refractivity contribution is -0.116. The molecule has 80 valence electrons. The van der Waals surface area contributed by atoms with Crippen molar-refractivity contribution in [2.45, 2.75) is 4.90 Å². The standard InChI is InChI=1S/C9H12N4OS/c10-6-1-2-8-7(3-6)13(5-12-11)9(14)4-15-8/h1-3,12H,4-5,10-11H2. The molecule has 15 heavy (non-hydrogen) atoms. The summed E-state index contributed by atoms with van der Waals surface area (Å²) in [4.78, 5) is 14.3. The van der Waals surface area contributed by atoms with Crippen LogP contribution < -0.4 is 21.9 Å². The maximum atomic E-state index is 11.6. The van der Waals surface area contributed by atoms with Gasteiger partial charge in [-0.25, -0.2) is 5.43 Å². The molecule has 1 aliphatic rings. The Labute approximate surface area is 91.8 Å². The summed E-state index contributed by atoms with van der Waals surface area (Å²) in [6.45, 7) is 0.301. The van der Waals surface area contributed by atoms with E-state index in [1.54, 1.807) is 11.0 Å². The van der Waals surface area contributed by atoms with Gasteiger partial charge in [0.05, 0.1) is 18.1 Å². The summed E-state index contributed by atoms with van der Waals surface area (Å²) < 4.78 is 0. The molecule has 5 nitrogen and oxygen atoms in total. The Morgan fingerprint density at radius 3 is 3.07 bits per heavy atom. The van der Waals surface area contributed by atoms with Crippen molar-refractivity contribution in [2.75, 3.05) is 23.1 Å². The molecule has 0 fully saturated rings. The monoisotopic (exact) mass is 224 g/mol. The fraction of sp³-hybridized carbons (Fsp3) is 0.222. The molecule has 1 aromatic rings. The van der Waals surface area contributed by atoms with Crippen LogP contribution in [0.25, 0.3) is 0 Å². The van der Waals surface area contributed by atoms with E-state index >= 15 is 0 Å². The van der Waals surface area contributed by atoms with E-state index in [0.29, 0.717) is 18.1 Å². The molecule has 0 atom stereocenters. The summed E-state index contributed by atoms with van der Waals surface area (Å²) in [5, 5.41) is 0. The third-order valence-corrected chi connectivity index (χ3v) is 3.22. The Hall–Kier alpha value is -1.24. The third-order valence-electron chi connectivity index (χ3n) is 2.18. The molecule has 1 aliphatic heterocycles. The molecule has 0 saturated heterocycles. The molecule has 1 amide bonds. The van der Waals surface area contributed by atoms with Crippen LogP contribution in [0.1, 0.15) is 0 Å². The van der Waals surface area contributed by atoms with E-state index in [4.69, 9.17) is 11.6 Å². The summed E-state index contributed by atoms with van der Waals surface area (Å²) in [5.41, 5.74) is 9.64. The summed E-state index contributed by atoms with van der Waals surface area (Å²) >= 11 is 1.52. The van der Waals surface area contributed by atoms with Crippen molar-refractivity contribution in [1.29, 1.82) is 0 Å². The zero-order valence-corrected chi connectivity index (χ0v) is 8.88. The van der Waals surface area contributed by atoms with Gasteiger partial charge in [0.1, 0.15) is 0 Å². The van der Waals surface area contributed by atoms with Gasteiger partial charge in [-0.3, -0.25) is 15.5 Å². The van der Waals surface area contributed by atoms with Crippen LogP contribution in [0.4, 0.5) is 11.4 Å². The second kappa shape index (κ2) is 4.09. The first-order chi connectivity index (χ1) is 7.22. The van der Waals surface area contributed by atoms with Gasteiger partial charge in [0.2, 0.25) is 5.91 Å². The number of nitrogens with two attached hydrogens (primary N) is 2. The highest BCUT2D eigenvalue weighted by molar-refractivity contribution is 8.00. The average molecular weight is 224 g/mol. The average Bonchev–Trinajstić information content (AvgIpc) is 2.23. The SMILES string of the molecule is NNCN1C(=O)CSc2ccc(N)cc21. The summed E-state index contributed by atoms with van der Waals surface area (Å²) in [7, 11) is 0. The number of carbonyl (C=O) groups is 1. The molecule has 0 unspecified atom stereocenters. The van der Waals surface area contributed by atoms with Crippen LogP contribution in [0.2, 0.25) is 0 Å². The molecular formula is C9H12N4OS. The Kier molecular flexibility index (Phi) is 2.81. The van der Waals surface area contributed by atoms with E-state index in [1.807, 2.05) is 12.1 Å². The smallest absolute Gasteiger partial charge is 0.238 e. The summed E-state index contributed by atoms with van der Waals surface area (Å²) in [6.07, 6.45) is 0. The summed E-state index contributed by atoms with van der Waals surface area (Å²) in [6, 6.07) is 5.54. The number of nitrogen functional groups attached to an aromatic ring is 1. The molecule has 0 bridgehead atoms. The maximum Gasteiger partial charge on any atom is 0.238 e. The van der Waals surface area contributed by atoms with Crippen LogP contribution in [0, 0.1) is 0 Å². The number of nitrogens with one attached hydrogen (secondary N) is 1. The molecule has 0 aliphatic carbocycles. The van der Waals surface area contributed by atoms with Gasteiger partial charge in [-0.15, -0.1) is 11.8 Å². The van der Waals surface area contributed by atoms with Crippen molar-refractivity contribution in [2.24, 2.45) is 5.84 Å². The minimum Gasteiger partial charge on any atom is -0.399 e. The molecule has 1 aromatic carbocycles. The van der Waals surface area contributed by atoms with E-state index < -0.39 is 0 Å². The molecule has 0 spiro atoms. The number of rotatable bonds is 2. The molecule has 0 aromatic heterocycles. The number of thioether (sulfide) groups is 1. The van der Waals surface area contributed by atoms with Crippen LogP contribution >= 0.6 is 11.8 Å². The highest BCUT2D eigenvalue weighted by atomic mass is 32.2. The number of carbonyl (C=O) groups excluding carboxylic acids is 1. The van der Waals surface area contributed by atoms with Crippen molar-refractivity contribution >= 4 is 29.0 Å². The van der Waals surface area contributed by atoms with Gasteiger partial charge in [-0.1, -0.05) is 0 Å². The molecule has 6 heteroatoms. The first-order valence-electron chi connectivity index (χ1n) is 4.48. The number of hydrogen-bond acceptors (Lipinski definition) is 5. The molecule has 5 N–H and O–H groups in total. The lowest BCUT2D eigenvalue weighted by atomic mass is 10.2. The fourth-order valence-electron chi connectivity index (χ4n) is 1.48. The van der Waals surface area contributed by atoms with Gasteiger partial charge in [0.15, 0.2) is 0 Å². The van der Waals surface area contributed by atoms with E-state index in [2.05, 4.69) is 5.43 Å². The first kappa shape index (κ1) is 10.3. The van der Waals surface area contributed by atoms with Gasteiger partial charge in [0.25, 0.3) is 0 Å². The van der Waals surface area contributed by atoms with Gasteiger partial charge in [0, 0.05) is 10.6 Å². The minimum atomic E-state index is 0.0380. The molecule has 1 heterocycles. The van der Waals surface area contributed by atoms with Gasteiger partial charge >= 0.3 is 0 Å². The quantitative estimate of drug-likeness (QED) is 0.378. The highest BCUT2D eigenvalue weighted by Crippen LogP contribution is 2.36. The second-order valence-corrected chi connectivity index (χ2v) is 4.22. The van der Waals surface area contributed by atoms with Crippen molar-refractivity contribution in [1.82, 2.24) is 5.43 Å². The maximum absolute atomic E-state index is 11.6. The normalized spacial score (nSPS) is 15.3. The topological polar surface area (TPSA) is 84.4 Å². The zero-order valence-electron chi connectivity index (χ0n) is 8.06. The van der Waals surface area contributed by atoms with Crippen molar-refractivity contribution in [3.05, 3.63) is 18.2 Å². The Morgan fingerprint density at radius 2 is 2.33 bits per heavy atom. The van der Waals surface area contributed by atoms with E-state index in [9.17, 15) is 4.79 Å².